The van der Waals surface area contributed by atoms with Gasteiger partial charge in [-0.2, -0.15) is 0 Å². The number of rotatable bonds is 4. The first-order valence-corrected chi connectivity index (χ1v) is 5.27. The fourth-order valence-corrected chi connectivity index (χ4v) is 1.66. The van der Waals surface area contributed by atoms with Gasteiger partial charge in [-0.3, -0.25) is 0 Å². The number of ether oxygens (including phenoxy) is 2. The van der Waals surface area contributed by atoms with E-state index in [4.69, 9.17) is 9.47 Å². The molecule has 0 spiro atoms. The van der Waals surface area contributed by atoms with Crippen molar-refractivity contribution in [1.29, 1.82) is 0 Å². The molecule has 3 nitrogen and oxygen atoms in total. The van der Waals surface area contributed by atoms with Crippen molar-refractivity contribution in [3.05, 3.63) is 35.9 Å². The van der Waals surface area contributed by atoms with Crippen molar-refractivity contribution < 1.29 is 14.6 Å². The van der Waals surface area contributed by atoms with Crippen molar-refractivity contribution in [2.24, 2.45) is 0 Å². The van der Waals surface area contributed by atoms with Gasteiger partial charge in [-0.15, -0.1) is 0 Å². The third kappa shape index (κ3) is 3.02. The number of aliphatic hydroxyl groups excluding tert-OH is 1. The van der Waals surface area contributed by atoms with Gasteiger partial charge in [-0.05, 0) is 12.0 Å². The molecule has 1 aliphatic heterocycles. The zero-order chi connectivity index (χ0) is 10.5. The Morgan fingerprint density at radius 2 is 2.13 bits per heavy atom. The molecule has 1 heterocycles. The van der Waals surface area contributed by atoms with Crippen LogP contribution >= 0.6 is 0 Å². The predicted octanol–water partition coefficient (Wildman–Crippen LogP) is 1.35. The molecule has 1 fully saturated rings. The van der Waals surface area contributed by atoms with E-state index in [1.807, 2.05) is 30.3 Å². The molecule has 2 rings (SSSR count). The molecule has 2 unspecified atom stereocenters. The van der Waals surface area contributed by atoms with Crippen molar-refractivity contribution in [3.8, 4) is 0 Å². The summed E-state index contributed by atoms with van der Waals surface area (Å²) in [6, 6.07) is 9.99. The van der Waals surface area contributed by atoms with Crippen LogP contribution in [-0.2, 0) is 16.1 Å². The van der Waals surface area contributed by atoms with Gasteiger partial charge < -0.3 is 14.6 Å². The van der Waals surface area contributed by atoms with E-state index in [0.717, 1.165) is 12.0 Å². The summed E-state index contributed by atoms with van der Waals surface area (Å²) in [5, 5.41) is 9.48. The van der Waals surface area contributed by atoms with E-state index in [2.05, 4.69) is 0 Å². The van der Waals surface area contributed by atoms with Gasteiger partial charge in [0.2, 0.25) is 0 Å². The van der Waals surface area contributed by atoms with E-state index >= 15 is 0 Å². The van der Waals surface area contributed by atoms with Crippen LogP contribution < -0.4 is 0 Å². The van der Waals surface area contributed by atoms with Crippen LogP contribution in [0.2, 0.25) is 0 Å². The first-order valence-electron chi connectivity index (χ1n) is 5.27. The summed E-state index contributed by atoms with van der Waals surface area (Å²) in [7, 11) is 0. The maximum absolute atomic E-state index is 9.48. The van der Waals surface area contributed by atoms with Crippen LogP contribution in [0.1, 0.15) is 12.0 Å². The lowest BCUT2D eigenvalue weighted by molar-refractivity contribution is -0.0288. The predicted molar refractivity (Wildman–Crippen MR) is 56.5 cm³/mol. The molecule has 15 heavy (non-hydrogen) atoms. The normalized spacial score (nSPS) is 25.7. The van der Waals surface area contributed by atoms with Crippen LogP contribution in [0.3, 0.4) is 0 Å². The zero-order valence-corrected chi connectivity index (χ0v) is 8.63. The second kappa shape index (κ2) is 5.26. The molecule has 0 aromatic heterocycles. The minimum atomic E-state index is -0.360. The van der Waals surface area contributed by atoms with Crippen LogP contribution in [0.15, 0.2) is 30.3 Å². The van der Waals surface area contributed by atoms with E-state index in [-0.39, 0.29) is 12.2 Å². The van der Waals surface area contributed by atoms with Crippen LogP contribution in [0.5, 0.6) is 0 Å². The molecule has 1 aromatic rings. The lowest BCUT2D eigenvalue weighted by Crippen LogP contribution is -2.26. The molecule has 1 aromatic carbocycles. The Morgan fingerprint density at radius 3 is 2.80 bits per heavy atom. The molecule has 1 saturated heterocycles. The summed E-state index contributed by atoms with van der Waals surface area (Å²) in [5.41, 5.74) is 1.14. The molecule has 0 saturated carbocycles. The number of hydrogen-bond acceptors (Lipinski definition) is 3. The highest BCUT2D eigenvalue weighted by Crippen LogP contribution is 2.14. The van der Waals surface area contributed by atoms with Gasteiger partial charge in [-0.25, -0.2) is 0 Å². The molecule has 1 aliphatic rings. The quantitative estimate of drug-likeness (QED) is 0.811. The highest BCUT2D eigenvalue weighted by molar-refractivity contribution is 5.13. The van der Waals surface area contributed by atoms with Crippen LogP contribution in [0.4, 0.5) is 0 Å². The summed E-state index contributed by atoms with van der Waals surface area (Å²) >= 11 is 0. The average molecular weight is 208 g/mol. The van der Waals surface area contributed by atoms with Crippen molar-refractivity contribution in [3.63, 3.8) is 0 Å². The summed E-state index contributed by atoms with van der Waals surface area (Å²) in [6.07, 6.45) is 0.216. The van der Waals surface area contributed by atoms with Crippen molar-refractivity contribution in [2.45, 2.75) is 25.2 Å². The fourth-order valence-electron chi connectivity index (χ4n) is 1.66. The molecule has 82 valence electrons. The van der Waals surface area contributed by atoms with Crippen LogP contribution in [0.25, 0.3) is 0 Å². The molecular weight excluding hydrogens is 192 g/mol. The standard InChI is InChI=1S/C12H16O3/c13-11-6-7-15-12(11)9-14-8-10-4-2-1-3-5-10/h1-5,11-13H,6-9H2. The van der Waals surface area contributed by atoms with Gasteiger partial charge >= 0.3 is 0 Å². The summed E-state index contributed by atoms with van der Waals surface area (Å²) in [5.74, 6) is 0. The minimum Gasteiger partial charge on any atom is -0.390 e. The summed E-state index contributed by atoms with van der Waals surface area (Å²) < 4.78 is 10.8. The third-order valence-electron chi connectivity index (χ3n) is 2.57. The number of hydrogen-bond donors (Lipinski definition) is 1. The monoisotopic (exact) mass is 208 g/mol. The average Bonchev–Trinajstić information content (AvgIpc) is 2.66. The van der Waals surface area contributed by atoms with E-state index in [1.54, 1.807) is 0 Å². The van der Waals surface area contributed by atoms with Crippen molar-refractivity contribution in [1.82, 2.24) is 0 Å². The highest BCUT2D eigenvalue weighted by atomic mass is 16.5. The Hall–Kier alpha value is -0.900. The Balaban J connectivity index is 1.71. The third-order valence-corrected chi connectivity index (χ3v) is 2.57. The van der Waals surface area contributed by atoms with Crippen molar-refractivity contribution in [2.75, 3.05) is 13.2 Å². The second-order valence-corrected chi connectivity index (χ2v) is 3.77. The van der Waals surface area contributed by atoms with E-state index in [1.165, 1.54) is 0 Å². The molecule has 3 heteroatoms. The minimum absolute atomic E-state index is 0.145. The van der Waals surface area contributed by atoms with E-state index in [0.29, 0.717) is 19.8 Å². The molecule has 0 aliphatic carbocycles. The fraction of sp³-hybridized carbons (Fsp3) is 0.500. The topological polar surface area (TPSA) is 38.7 Å². The second-order valence-electron chi connectivity index (χ2n) is 3.77. The maximum atomic E-state index is 9.48. The van der Waals surface area contributed by atoms with Gasteiger partial charge in [-0.1, -0.05) is 30.3 Å². The van der Waals surface area contributed by atoms with Crippen LogP contribution in [-0.4, -0.2) is 30.5 Å². The van der Waals surface area contributed by atoms with Gasteiger partial charge in [0.15, 0.2) is 0 Å². The molecule has 0 radical (unpaired) electrons. The van der Waals surface area contributed by atoms with Crippen molar-refractivity contribution >= 4 is 0 Å². The number of aliphatic hydroxyl groups is 1. The van der Waals surface area contributed by atoms with Gasteiger partial charge in [0.1, 0.15) is 6.10 Å². The number of benzene rings is 1. The SMILES string of the molecule is OC1CCOC1COCc1ccccc1. The van der Waals surface area contributed by atoms with Gasteiger partial charge in [0.25, 0.3) is 0 Å². The summed E-state index contributed by atoms with van der Waals surface area (Å²) in [4.78, 5) is 0. The largest absolute Gasteiger partial charge is 0.390 e. The van der Waals surface area contributed by atoms with Gasteiger partial charge in [0.05, 0.1) is 19.3 Å². The lowest BCUT2D eigenvalue weighted by Gasteiger charge is -2.13. The van der Waals surface area contributed by atoms with E-state index in [9.17, 15) is 5.11 Å². The first kappa shape index (κ1) is 10.6. The molecule has 0 bridgehead atoms. The lowest BCUT2D eigenvalue weighted by atomic mass is 10.2. The molecule has 0 amide bonds. The first-order chi connectivity index (χ1) is 7.36. The summed E-state index contributed by atoms with van der Waals surface area (Å²) in [6.45, 7) is 1.68. The Morgan fingerprint density at radius 1 is 1.33 bits per heavy atom. The van der Waals surface area contributed by atoms with E-state index < -0.39 is 0 Å². The molecule has 1 N–H and O–H groups in total. The maximum Gasteiger partial charge on any atom is 0.107 e. The van der Waals surface area contributed by atoms with Crippen LogP contribution in [0, 0.1) is 0 Å². The highest BCUT2D eigenvalue weighted by Gasteiger charge is 2.25. The smallest absolute Gasteiger partial charge is 0.107 e. The van der Waals surface area contributed by atoms with Gasteiger partial charge in [0, 0.05) is 6.61 Å². The molecular formula is C12H16O3. The zero-order valence-electron chi connectivity index (χ0n) is 8.63. The Kier molecular flexibility index (Phi) is 3.72. The Labute approximate surface area is 89.6 Å². The Bertz CT molecular complexity index is 286. The molecule has 2 atom stereocenters.